The van der Waals surface area contributed by atoms with E-state index in [2.05, 4.69) is 4.90 Å². The van der Waals surface area contributed by atoms with Crippen LogP contribution in [0.4, 0.5) is 0 Å². The van der Waals surface area contributed by atoms with E-state index in [1.165, 1.54) is 4.90 Å². The molecule has 30 heavy (non-hydrogen) atoms. The number of aliphatic carboxylic acids is 3. The first-order chi connectivity index (χ1) is 14.3. The molecule has 1 aromatic heterocycles. The lowest BCUT2D eigenvalue weighted by Crippen LogP contribution is -2.44. The van der Waals surface area contributed by atoms with Crippen LogP contribution in [0.2, 0.25) is 0 Å². The quantitative estimate of drug-likeness (QED) is 0.508. The van der Waals surface area contributed by atoms with E-state index >= 15 is 0 Å². The van der Waals surface area contributed by atoms with Crippen molar-refractivity contribution in [3.05, 3.63) is 36.6 Å². The highest BCUT2D eigenvalue weighted by atomic mass is 16.4. The van der Waals surface area contributed by atoms with Gasteiger partial charge in [0.05, 0.1) is 19.4 Å². The number of carboxylic acid groups (broad SMARTS) is 3. The zero-order chi connectivity index (χ0) is 21.9. The Morgan fingerprint density at radius 1 is 0.767 bits per heavy atom. The molecule has 0 atom stereocenters. The van der Waals surface area contributed by atoms with Crippen molar-refractivity contribution in [2.75, 3.05) is 58.9 Å². The predicted octanol–water partition coefficient (Wildman–Crippen LogP) is -0.274. The molecule has 2 heterocycles. The van der Waals surface area contributed by atoms with Gasteiger partial charge in [0.15, 0.2) is 0 Å². The summed E-state index contributed by atoms with van der Waals surface area (Å²) in [5, 5.41) is 27.5. The van der Waals surface area contributed by atoms with Gasteiger partial charge >= 0.3 is 17.9 Å². The molecular weight excluding hydrogens is 396 g/mol. The van der Waals surface area contributed by atoms with Gasteiger partial charge in [-0.25, -0.2) is 0 Å². The Hall–Kier alpha value is -3.05. The maximum absolute atomic E-state index is 11.2. The molecule has 0 saturated carbocycles. The lowest BCUT2D eigenvalue weighted by molar-refractivity contribution is -0.139. The zero-order valence-corrected chi connectivity index (χ0v) is 16.7. The maximum Gasteiger partial charge on any atom is 0.323 e. The molecule has 0 aromatic carbocycles. The summed E-state index contributed by atoms with van der Waals surface area (Å²) in [6.45, 7) is 2.51. The van der Waals surface area contributed by atoms with Crippen molar-refractivity contribution >= 4 is 17.9 Å². The highest BCUT2D eigenvalue weighted by Gasteiger charge is 2.17. The number of carbonyl (C=O) groups is 3. The Morgan fingerprint density at radius 3 is 1.77 bits per heavy atom. The van der Waals surface area contributed by atoms with Crippen LogP contribution in [0.1, 0.15) is 5.76 Å². The predicted molar refractivity (Wildman–Crippen MR) is 106 cm³/mol. The van der Waals surface area contributed by atoms with Crippen molar-refractivity contribution in [2.45, 2.75) is 6.54 Å². The smallest absolute Gasteiger partial charge is 0.323 e. The highest BCUT2D eigenvalue weighted by molar-refractivity contribution is 5.70. The molecule has 0 radical (unpaired) electrons. The van der Waals surface area contributed by atoms with Gasteiger partial charge in [-0.05, 0) is 12.1 Å². The van der Waals surface area contributed by atoms with E-state index in [9.17, 15) is 24.6 Å². The number of hydrogen-bond acceptors (Lipinski definition) is 8. The first kappa shape index (κ1) is 23.2. The van der Waals surface area contributed by atoms with Crippen LogP contribution >= 0.6 is 0 Å². The normalized spacial score (nSPS) is 18.4. The number of furan rings is 1. The second kappa shape index (κ2) is 11.8. The van der Waals surface area contributed by atoms with Crippen molar-refractivity contribution in [2.24, 2.45) is 0 Å². The van der Waals surface area contributed by atoms with E-state index in [0.29, 0.717) is 45.8 Å². The summed E-state index contributed by atoms with van der Waals surface area (Å²) >= 11 is 0. The lowest BCUT2D eigenvalue weighted by Gasteiger charge is -2.31. The summed E-state index contributed by atoms with van der Waals surface area (Å²) in [7, 11) is 0. The molecule has 0 unspecified atom stereocenters. The SMILES string of the molecule is O=C(O)CN1/C=C\N(CC(=O)O)CCN(Cc2ccco2)CCN(CC(=O)O)CC1. The molecule has 2 rings (SSSR count). The molecule has 0 amide bonds. The molecular formula is C19H28N4O7. The maximum atomic E-state index is 11.2. The first-order valence-corrected chi connectivity index (χ1v) is 9.60. The zero-order valence-electron chi connectivity index (χ0n) is 16.7. The number of hydrogen-bond donors (Lipinski definition) is 3. The van der Waals surface area contributed by atoms with Crippen molar-refractivity contribution in [3.8, 4) is 0 Å². The third-order valence-electron chi connectivity index (χ3n) is 4.62. The van der Waals surface area contributed by atoms with E-state index in [0.717, 1.165) is 5.76 Å². The van der Waals surface area contributed by atoms with Crippen LogP contribution in [-0.2, 0) is 20.9 Å². The summed E-state index contributed by atoms with van der Waals surface area (Å²) in [6.07, 6.45) is 4.71. The molecule has 1 aromatic rings. The summed E-state index contributed by atoms with van der Waals surface area (Å²) in [6, 6.07) is 3.64. The standard InChI is InChI=1S/C19H28N4O7/c24-17(25)13-21-5-3-20(12-16-2-1-11-30-16)4-6-22(14-18(26)27)8-10-23(9-7-21)15-19(28)29/h1-2,7,9,11H,3-6,8,10,12-15H2,(H,24,25)(H,26,27)(H,28,29)/b9-7-. The van der Waals surface area contributed by atoms with Crippen LogP contribution < -0.4 is 0 Å². The van der Waals surface area contributed by atoms with Gasteiger partial charge in [-0.2, -0.15) is 0 Å². The van der Waals surface area contributed by atoms with Crippen LogP contribution in [0.15, 0.2) is 35.2 Å². The molecule has 11 heteroatoms. The summed E-state index contributed by atoms with van der Waals surface area (Å²) < 4.78 is 5.41. The molecule has 0 bridgehead atoms. The van der Waals surface area contributed by atoms with Crippen LogP contribution in [0.3, 0.4) is 0 Å². The molecule has 0 aliphatic carbocycles. The van der Waals surface area contributed by atoms with Gasteiger partial charge in [0.25, 0.3) is 0 Å². The average Bonchev–Trinajstić information content (AvgIpc) is 3.15. The van der Waals surface area contributed by atoms with Gasteiger partial charge in [0.1, 0.15) is 18.8 Å². The van der Waals surface area contributed by atoms with Gasteiger partial charge in [-0.1, -0.05) is 0 Å². The van der Waals surface area contributed by atoms with E-state index in [-0.39, 0.29) is 19.6 Å². The summed E-state index contributed by atoms with van der Waals surface area (Å²) in [5.74, 6) is -2.19. The molecule has 1 aliphatic rings. The Kier molecular flexibility index (Phi) is 9.16. The molecule has 0 spiro atoms. The fourth-order valence-corrected chi connectivity index (χ4v) is 3.13. The fourth-order valence-electron chi connectivity index (χ4n) is 3.13. The van der Waals surface area contributed by atoms with Gasteiger partial charge in [-0.3, -0.25) is 24.2 Å². The fraction of sp³-hybridized carbons (Fsp3) is 0.526. The Morgan fingerprint density at radius 2 is 1.27 bits per heavy atom. The van der Waals surface area contributed by atoms with Crippen LogP contribution in [-0.4, -0.2) is 112 Å². The second-order valence-electron chi connectivity index (χ2n) is 7.05. The van der Waals surface area contributed by atoms with Crippen LogP contribution in [0.5, 0.6) is 0 Å². The van der Waals surface area contributed by atoms with Gasteiger partial charge in [0, 0.05) is 51.7 Å². The number of carboxylic acids is 3. The van der Waals surface area contributed by atoms with E-state index in [4.69, 9.17) is 9.52 Å². The first-order valence-electron chi connectivity index (χ1n) is 9.60. The minimum Gasteiger partial charge on any atom is -0.480 e. The number of nitrogens with zero attached hydrogens (tertiary/aromatic N) is 4. The third-order valence-corrected chi connectivity index (χ3v) is 4.62. The minimum atomic E-state index is -1.02. The third kappa shape index (κ3) is 8.97. The van der Waals surface area contributed by atoms with Crippen LogP contribution in [0.25, 0.3) is 0 Å². The van der Waals surface area contributed by atoms with Crippen LogP contribution in [0, 0.1) is 0 Å². The molecule has 3 N–H and O–H groups in total. The molecule has 166 valence electrons. The van der Waals surface area contributed by atoms with Crippen molar-refractivity contribution < 1.29 is 34.1 Å². The summed E-state index contributed by atoms with van der Waals surface area (Å²) in [5.41, 5.74) is 0. The van der Waals surface area contributed by atoms with Gasteiger partial charge in [-0.15, -0.1) is 0 Å². The Balaban J connectivity index is 2.18. The van der Waals surface area contributed by atoms with Crippen molar-refractivity contribution in [3.63, 3.8) is 0 Å². The average molecular weight is 424 g/mol. The van der Waals surface area contributed by atoms with Crippen molar-refractivity contribution in [1.82, 2.24) is 19.6 Å². The number of rotatable bonds is 8. The Bertz CT molecular complexity index is 722. The monoisotopic (exact) mass is 424 g/mol. The van der Waals surface area contributed by atoms with E-state index in [1.54, 1.807) is 34.5 Å². The second-order valence-corrected chi connectivity index (χ2v) is 7.05. The van der Waals surface area contributed by atoms with Gasteiger partial charge in [0.2, 0.25) is 0 Å². The largest absolute Gasteiger partial charge is 0.480 e. The topological polar surface area (TPSA) is 138 Å². The van der Waals surface area contributed by atoms with E-state index in [1.807, 2.05) is 6.07 Å². The van der Waals surface area contributed by atoms with Gasteiger partial charge < -0.3 is 29.5 Å². The van der Waals surface area contributed by atoms with Crippen molar-refractivity contribution in [1.29, 1.82) is 0 Å². The molecule has 11 nitrogen and oxygen atoms in total. The highest BCUT2D eigenvalue weighted by Crippen LogP contribution is 2.08. The summed E-state index contributed by atoms with van der Waals surface area (Å²) in [4.78, 5) is 40.6. The molecule has 1 aliphatic heterocycles. The molecule has 0 fully saturated rings. The Labute approximate surface area is 174 Å². The van der Waals surface area contributed by atoms with E-state index < -0.39 is 17.9 Å². The lowest BCUT2D eigenvalue weighted by atomic mass is 10.3. The molecule has 0 saturated heterocycles. The minimum absolute atomic E-state index is 0.148.